The Kier molecular flexibility index (Phi) is 5.03. The van der Waals surface area contributed by atoms with Gasteiger partial charge in [0, 0.05) is 30.3 Å². The minimum atomic E-state index is -0.116. The van der Waals surface area contributed by atoms with Gasteiger partial charge in [-0.2, -0.15) is 4.98 Å². The Balaban J connectivity index is 1.65. The van der Waals surface area contributed by atoms with E-state index < -0.39 is 0 Å². The second kappa shape index (κ2) is 7.23. The first kappa shape index (κ1) is 17.4. The molecule has 1 aliphatic rings. The summed E-state index contributed by atoms with van der Waals surface area (Å²) >= 11 is 0. The van der Waals surface area contributed by atoms with Crippen LogP contribution in [0.2, 0.25) is 0 Å². The fourth-order valence-corrected chi connectivity index (χ4v) is 2.83. The van der Waals surface area contributed by atoms with Crippen molar-refractivity contribution in [3.63, 3.8) is 0 Å². The van der Waals surface area contributed by atoms with Crippen LogP contribution in [0.15, 0.2) is 28.8 Å². The number of carbonyl (C=O) groups excluding carboxylic acids is 1. The van der Waals surface area contributed by atoms with Crippen LogP contribution in [0.4, 0.5) is 10.5 Å². The molecule has 1 aromatic carbocycles. The first-order chi connectivity index (χ1) is 11.9. The Morgan fingerprint density at radius 2 is 1.84 bits per heavy atom. The molecule has 2 aromatic rings. The zero-order valence-corrected chi connectivity index (χ0v) is 15.0. The van der Waals surface area contributed by atoms with Gasteiger partial charge in [0.1, 0.15) is 0 Å². The van der Waals surface area contributed by atoms with Crippen molar-refractivity contribution < 1.29 is 14.1 Å². The number of benzene rings is 1. The smallest absolute Gasteiger partial charge is 0.322 e. The third kappa shape index (κ3) is 4.17. The number of rotatable bonds is 3. The molecule has 1 fully saturated rings. The van der Waals surface area contributed by atoms with Gasteiger partial charge in [-0.3, -0.25) is 0 Å². The summed E-state index contributed by atoms with van der Waals surface area (Å²) in [5.74, 6) is 1.38. The summed E-state index contributed by atoms with van der Waals surface area (Å²) in [5.41, 5.74) is 1.55. The first-order valence-electron chi connectivity index (χ1n) is 8.58. The summed E-state index contributed by atoms with van der Waals surface area (Å²) in [6.45, 7) is 9.16. The SMILES string of the molecule is CC(C)c1noc(-c2ccc(NC(=O)N3C[C@@H](C)O[C@H](C)C3)cc2)n1. The summed E-state index contributed by atoms with van der Waals surface area (Å²) in [6.07, 6.45) is 0.0918. The van der Waals surface area contributed by atoms with Crippen LogP contribution < -0.4 is 5.32 Å². The van der Waals surface area contributed by atoms with Gasteiger partial charge in [-0.15, -0.1) is 0 Å². The van der Waals surface area contributed by atoms with Crippen molar-refractivity contribution in [1.82, 2.24) is 15.0 Å². The van der Waals surface area contributed by atoms with E-state index in [2.05, 4.69) is 15.5 Å². The predicted octanol–water partition coefficient (Wildman–Crippen LogP) is 3.50. The third-order valence-electron chi connectivity index (χ3n) is 4.05. The number of aromatic nitrogens is 2. The molecule has 0 spiro atoms. The zero-order valence-electron chi connectivity index (χ0n) is 15.0. The van der Waals surface area contributed by atoms with E-state index in [1.807, 2.05) is 52.0 Å². The summed E-state index contributed by atoms with van der Waals surface area (Å²) in [7, 11) is 0. The molecule has 2 heterocycles. The summed E-state index contributed by atoms with van der Waals surface area (Å²) in [4.78, 5) is 18.6. The van der Waals surface area contributed by atoms with Gasteiger partial charge in [0.25, 0.3) is 5.89 Å². The summed E-state index contributed by atoms with van der Waals surface area (Å²) in [6, 6.07) is 7.27. The standard InChI is InChI=1S/C18H24N4O3/c1-11(2)16-20-17(25-21-16)14-5-7-15(8-6-14)19-18(23)22-9-12(3)24-13(4)10-22/h5-8,11-13H,9-10H2,1-4H3,(H,19,23)/t12-,13-/m1/s1. The number of anilines is 1. The van der Waals surface area contributed by atoms with Crippen molar-refractivity contribution in [3.8, 4) is 11.5 Å². The average Bonchev–Trinajstić information content (AvgIpc) is 3.05. The molecule has 0 radical (unpaired) electrons. The lowest BCUT2D eigenvalue weighted by Gasteiger charge is -2.35. The Labute approximate surface area is 147 Å². The molecule has 2 atom stereocenters. The van der Waals surface area contributed by atoms with Gasteiger partial charge >= 0.3 is 6.03 Å². The highest BCUT2D eigenvalue weighted by Gasteiger charge is 2.25. The number of amides is 2. The van der Waals surface area contributed by atoms with E-state index in [1.165, 1.54) is 0 Å². The number of nitrogens with one attached hydrogen (secondary N) is 1. The largest absolute Gasteiger partial charge is 0.372 e. The van der Waals surface area contributed by atoms with Crippen LogP contribution in [0.25, 0.3) is 11.5 Å². The van der Waals surface area contributed by atoms with E-state index in [9.17, 15) is 4.79 Å². The van der Waals surface area contributed by atoms with Gasteiger partial charge in [-0.1, -0.05) is 19.0 Å². The molecule has 134 valence electrons. The van der Waals surface area contributed by atoms with Gasteiger partial charge in [-0.05, 0) is 38.1 Å². The molecule has 0 aliphatic carbocycles. The van der Waals surface area contributed by atoms with Crippen LogP contribution in [0, 0.1) is 0 Å². The lowest BCUT2D eigenvalue weighted by molar-refractivity contribution is -0.0530. The molecule has 25 heavy (non-hydrogen) atoms. The van der Waals surface area contributed by atoms with Crippen LogP contribution in [0.1, 0.15) is 39.4 Å². The molecule has 1 saturated heterocycles. The van der Waals surface area contributed by atoms with Gasteiger partial charge in [-0.25, -0.2) is 4.79 Å². The minimum Gasteiger partial charge on any atom is -0.372 e. The molecule has 0 bridgehead atoms. The maximum atomic E-state index is 12.4. The number of nitrogens with zero attached hydrogens (tertiary/aromatic N) is 3. The average molecular weight is 344 g/mol. The number of morpholine rings is 1. The van der Waals surface area contributed by atoms with Crippen LogP contribution >= 0.6 is 0 Å². The summed E-state index contributed by atoms with van der Waals surface area (Å²) < 4.78 is 10.9. The maximum absolute atomic E-state index is 12.4. The fraction of sp³-hybridized carbons (Fsp3) is 0.500. The third-order valence-corrected chi connectivity index (χ3v) is 4.05. The minimum absolute atomic E-state index is 0.0459. The molecular weight excluding hydrogens is 320 g/mol. The molecule has 7 nitrogen and oxygen atoms in total. The highest BCUT2D eigenvalue weighted by Crippen LogP contribution is 2.22. The van der Waals surface area contributed by atoms with Crippen molar-refractivity contribution in [2.75, 3.05) is 18.4 Å². The summed E-state index contributed by atoms with van der Waals surface area (Å²) in [5, 5.41) is 6.88. The lowest BCUT2D eigenvalue weighted by Crippen LogP contribution is -2.49. The second-order valence-electron chi connectivity index (χ2n) is 6.78. The highest BCUT2D eigenvalue weighted by atomic mass is 16.5. The Bertz CT molecular complexity index is 716. The molecule has 0 unspecified atom stereocenters. The van der Waals surface area contributed by atoms with E-state index in [0.717, 1.165) is 11.3 Å². The van der Waals surface area contributed by atoms with Crippen molar-refractivity contribution in [3.05, 3.63) is 30.1 Å². The number of carbonyl (C=O) groups is 1. The monoisotopic (exact) mass is 344 g/mol. The fourth-order valence-electron chi connectivity index (χ4n) is 2.83. The Hall–Kier alpha value is -2.41. The molecule has 7 heteroatoms. The van der Waals surface area contributed by atoms with E-state index in [-0.39, 0.29) is 24.2 Å². The quantitative estimate of drug-likeness (QED) is 0.922. The molecule has 1 aliphatic heterocycles. The van der Waals surface area contributed by atoms with Crippen molar-refractivity contribution in [1.29, 1.82) is 0 Å². The van der Waals surface area contributed by atoms with Gasteiger partial charge in [0.2, 0.25) is 0 Å². The van der Waals surface area contributed by atoms with Gasteiger partial charge in [0.15, 0.2) is 5.82 Å². The van der Waals surface area contributed by atoms with E-state index in [0.29, 0.717) is 24.8 Å². The topological polar surface area (TPSA) is 80.5 Å². The highest BCUT2D eigenvalue weighted by molar-refractivity contribution is 5.89. The molecular formula is C18H24N4O3. The van der Waals surface area contributed by atoms with E-state index in [1.54, 1.807) is 4.90 Å². The second-order valence-corrected chi connectivity index (χ2v) is 6.78. The molecule has 0 saturated carbocycles. The number of hydrogen-bond acceptors (Lipinski definition) is 5. The van der Waals surface area contributed by atoms with Crippen molar-refractivity contribution in [2.24, 2.45) is 0 Å². The molecule has 1 N–H and O–H groups in total. The first-order valence-corrected chi connectivity index (χ1v) is 8.58. The molecule has 1 aromatic heterocycles. The van der Waals surface area contributed by atoms with Gasteiger partial charge in [0.05, 0.1) is 12.2 Å². The zero-order chi connectivity index (χ0) is 18.0. The van der Waals surface area contributed by atoms with Crippen molar-refractivity contribution in [2.45, 2.75) is 45.8 Å². The normalized spacial score (nSPS) is 20.8. The van der Waals surface area contributed by atoms with Crippen LogP contribution in [-0.4, -0.2) is 46.4 Å². The number of hydrogen-bond donors (Lipinski definition) is 1. The van der Waals surface area contributed by atoms with E-state index in [4.69, 9.17) is 9.26 Å². The number of ether oxygens (including phenoxy) is 1. The maximum Gasteiger partial charge on any atom is 0.322 e. The van der Waals surface area contributed by atoms with E-state index >= 15 is 0 Å². The van der Waals surface area contributed by atoms with Crippen LogP contribution in [0.3, 0.4) is 0 Å². The number of urea groups is 1. The van der Waals surface area contributed by atoms with Gasteiger partial charge < -0.3 is 19.5 Å². The van der Waals surface area contributed by atoms with Crippen molar-refractivity contribution >= 4 is 11.7 Å². The van der Waals surface area contributed by atoms with Crippen LogP contribution in [0.5, 0.6) is 0 Å². The Morgan fingerprint density at radius 1 is 1.20 bits per heavy atom. The van der Waals surface area contributed by atoms with Crippen LogP contribution in [-0.2, 0) is 4.74 Å². The molecule has 3 rings (SSSR count). The Morgan fingerprint density at radius 3 is 2.40 bits per heavy atom. The lowest BCUT2D eigenvalue weighted by atomic mass is 10.2. The predicted molar refractivity (Wildman–Crippen MR) is 94.4 cm³/mol. The molecule has 2 amide bonds.